The van der Waals surface area contributed by atoms with E-state index in [0.29, 0.717) is 11.6 Å². The van der Waals surface area contributed by atoms with E-state index >= 15 is 0 Å². The Labute approximate surface area is 157 Å². The molecule has 26 heavy (non-hydrogen) atoms. The Morgan fingerprint density at radius 2 is 1.81 bits per heavy atom. The topological polar surface area (TPSA) is 83.5 Å². The highest BCUT2D eigenvalue weighted by molar-refractivity contribution is 7.90. The van der Waals surface area contributed by atoms with E-state index in [9.17, 15) is 13.2 Å². The van der Waals surface area contributed by atoms with Gasteiger partial charge < -0.3 is 9.80 Å². The number of benzene rings is 1. The van der Waals surface area contributed by atoms with Gasteiger partial charge in [0.25, 0.3) is 5.91 Å². The average molecular weight is 395 g/mol. The van der Waals surface area contributed by atoms with Gasteiger partial charge in [0.05, 0.1) is 16.1 Å². The Kier molecular flexibility index (Phi) is 5.15. The number of amides is 1. The zero-order valence-electron chi connectivity index (χ0n) is 14.5. The van der Waals surface area contributed by atoms with E-state index in [1.165, 1.54) is 23.2 Å². The first-order valence-corrected chi connectivity index (χ1v) is 10.4. The van der Waals surface area contributed by atoms with Crippen molar-refractivity contribution in [1.82, 2.24) is 9.97 Å². The first-order valence-electron chi connectivity index (χ1n) is 8.13. The Balaban J connectivity index is 1.87. The second-order valence-electron chi connectivity index (χ2n) is 6.19. The summed E-state index contributed by atoms with van der Waals surface area (Å²) in [6.45, 7) is 1.72. The quantitative estimate of drug-likeness (QED) is 0.791. The van der Waals surface area contributed by atoms with Crippen molar-refractivity contribution in [1.29, 1.82) is 0 Å². The first kappa shape index (κ1) is 18.6. The highest BCUT2D eigenvalue weighted by atomic mass is 35.5. The van der Waals surface area contributed by atoms with Crippen LogP contribution < -0.4 is 9.80 Å². The van der Waals surface area contributed by atoms with E-state index in [4.69, 9.17) is 11.6 Å². The fourth-order valence-electron chi connectivity index (χ4n) is 2.77. The van der Waals surface area contributed by atoms with Gasteiger partial charge in [-0.25, -0.2) is 18.4 Å². The van der Waals surface area contributed by atoms with E-state index in [0.717, 1.165) is 32.2 Å². The van der Waals surface area contributed by atoms with Gasteiger partial charge in [-0.05, 0) is 37.1 Å². The Morgan fingerprint density at radius 1 is 1.19 bits per heavy atom. The predicted octanol–water partition coefficient (Wildman–Crippen LogP) is 2.41. The number of nitrogens with zero attached hydrogens (tertiary/aromatic N) is 4. The molecule has 7 nitrogen and oxygen atoms in total. The number of hydrogen-bond donors (Lipinski definition) is 0. The van der Waals surface area contributed by atoms with E-state index in [-0.39, 0.29) is 21.5 Å². The second kappa shape index (κ2) is 7.20. The van der Waals surface area contributed by atoms with Crippen LogP contribution in [0, 0.1) is 0 Å². The summed E-state index contributed by atoms with van der Waals surface area (Å²) in [5.41, 5.74) is 0.665. The molecule has 0 radical (unpaired) electrons. The minimum atomic E-state index is -3.29. The number of halogens is 1. The lowest BCUT2D eigenvalue weighted by atomic mass is 10.2. The highest BCUT2D eigenvalue weighted by Crippen LogP contribution is 2.23. The molecule has 0 bridgehead atoms. The molecule has 2 aromatic rings. The Bertz CT molecular complexity index is 926. The van der Waals surface area contributed by atoms with Gasteiger partial charge in [0.15, 0.2) is 15.5 Å². The van der Waals surface area contributed by atoms with Crippen molar-refractivity contribution in [2.75, 3.05) is 36.2 Å². The third-order valence-corrected chi connectivity index (χ3v) is 5.68. The van der Waals surface area contributed by atoms with Crippen LogP contribution in [0.15, 0.2) is 35.4 Å². The number of carbonyl (C=O) groups is 1. The molecule has 1 amide bonds. The van der Waals surface area contributed by atoms with Gasteiger partial charge in [0, 0.05) is 32.1 Å². The summed E-state index contributed by atoms with van der Waals surface area (Å²) in [7, 11) is -1.70. The van der Waals surface area contributed by atoms with Crippen molar-refractivity contribution >= 4 is 39.0 Å². The molecular formula is C17H19ClN4O3S. The average Bonchev–Trinajstić information content (AvgIpc) is 3.15. The molecule has 138 valence electrons. The molecule has 2 heterocycles. The molecular weight excluding hydrogens is 376 g/mol. The lowest BCUT2D eigenvalue weighted by Gasteiger charge is -2.20. The van der Waals surface area contributed by atoms with E-state index in [1.807, 2.05) is 4.90 Å². The maximum Gasteiger partial charge on any atom is 0.278 e. The van der Waals surface area contributed by atoms with Crippen LogP contribution in [0.3, 0.4) is 0 Å². The fraction of sp³-hybridized carbons (Fsp3) is 0.353. The molecule has 0 aliphatic carbocycles. The second-order valence-corrected chi connectivity index (χ2v) is 8.61. The molecule has 9 heteroatoms. The van der Waals surface area contributed by atoms with Crippen molar-refractivity contribution in [3.8, 4) is 0 Å². The van der Waals surface area contributed by atoms with Gasteiger partial charge in [0.1, 0.15) is 0 Å². The third-order valence-electron chi connectivity index (χ3n) is 4.28. The molecule has 0 unspecified atom stereocenters. The summed E-state index contributed by atoms with van der Waals surface area (Å²) in [5.74, 6) is 0.112. The number of hydrogen-bond acceptors (Lipinski definition) is 6. The van der Waals surface area contributed by atoms with Gasteiger partial charge in [-0.1, -0.05) is 11.6 Å². The van der Waals surface area contributed by atoms with E-state index < -0.39 is 9.84 Å². The zero-order valence-corrected chi connectivity index (χ0v) is 16.1. The van der Waals surface area contributed by atoms with Gasteiger partial charge in [-0.2, -0.15) is 0 Å². The van der Waals surface area contributed by atoms with Crippen LogP contribution >= 0.6 is 11.6 Å². The van der Waals surface area contributed by atoms with Crippen LogP contribution in [0.1, 0.15) is 23.3 Å². The first-order chi connectivity index (χ1) is 12.3. The minimum absolute atomic E-state index is 0.123. The number of sulfone groups is 1. The van der Waals surface area contributed by atoms with Crippen molar-refractivity contribution in [3.05, 3.63) is 41.2 Å². The Morgan fingerprint density at radius 3 is 2.38 bits per heavy atom. The van der Waals surface area contributed by atoms with Crippen LogP contribution in [0.2, 0.25) is 5.02 Å². The molecule has 1 saturated heterocycles. The molecule has 1 aliphatic heterocycles. The van der Waals surface area contributed by atoms with Crippen molar-refractivity contribution in [2.45, 2.75) is 17.7 Å². The molecule has 3 rings (SSSR count). The molecule has 0 atom stereocenters. The minimum Gasteiger partial charge on any atom is -0.341 e. The van der Waals surface area contributed by atoms with Crippen LogP contribution in [0.25, 0.3) is 0 Å². The SMILES string of the molecule is CN(C(=O)c1nc(N2CCCC2)ncc1Cl)c1ccc(S(C)(=O)=O)cc1. The number of carbonyl (C=O) groups excluding carboxylic acids is 1. The molecule has 1 aliphatic rings. The monoisotopic (exact) mass is 394 g/mol. The summed E-state index contributed by atoms with van der Waals surface area (Å²) < 4.78 is 23.1. The standard InChI is InChI=1S/C17H19ClN4O3S/c1-21(12-5-7-13(8-6-12)26(2,24)25)16(23)15-14(18)11-19-17(20-15)22-9-3-4-10-22/h5-8,11H,3-4,9-10H2,1-2H3. The molecule has 0 spiro atoms. The van der Waals surface area contributed by atoms with Crippen molar-refractivity contribution in [3.63, 3.8) is 0 Å². The maximum atomic E-state index is 12.8. The number of anilines is 2. The highest BCUT2D eigenvalue weighted by Gasteiger charge is 2.22. The lowest BCUT2D eigenvalue weighted by Crippen LogP contribution is -2.29. The van der Waals surface area contributed by atoms with Gasteiger partial charge in [0.2, 0.25) is 5.95 Å². The summed E-state index contributed by atoms with van der Waals surface area (Å²) in [5, 5.41) is 0.178. The normalized spacial score (nSPS) is 14.5. The summed E-state index contributed by atoms with van der Waals surface area (Å²) >= 11 is 6.14. The zero-order chi connectivity index (χ0) is 18.9. The molecule has 1 aromatic carbocycles. The van der Waals surface area contributed by atoms with Gasteiger partial charge >= 0.3 is 0 Å². The molecule has 1 fully saturated rings. The van der Waals surface area contributed by atoms with Crippen LogP contribution in [0.4, 0.5) is 11.6 Å². The van der Waals surface area contributed by atoms with Crippen LogP contribution in [-0.2, 0) is 9.84 Å². The lowest BCUT2D eigenvalue weighted by molar-refractivity contribution is 0.0988. The number of rotatable bonds is 4. The third kappa shape index (κ3) is 3.81. The fourth-order valence-corrected chi connectivity index (χ4v) is 3.57. The smallest absolute Gasteiger partial charge is 0.278 e. The van der Waals surface area contributed by atoms with Crippen LogP contribution in [0.5, 0.6) is 0 Å². The summed E-state index contributed by atoms with van der Waals surface area (Å²) in [4.78, 5) is 25.0. The van der Waals surface area contributed by atoms with Gasteiger partial charge in [-0.15, -0.1) is 0 Å². The van der Waals surface area contributed by atoms with Crippen molar-refractivity contribution in [2.24, 2.45) is 0 Å². The largest absolute Gasteiger partial charge is 0.341 e. The molecule has 1 aromatic heterocycles. The van der Waals surface area contributed by atoms with Crippen LogP contribution in [-0.4, -0.2) is 50.7 Å². The van der Waals surface area contributed by atoms with Crippen molar-refractivity contribution < 1.29 is 13.2 Å². The maximum absolute atomic E-state index is 12.8. The number of aromatic nitrogens is 2. The predicted molar refractivity (Wildman–Crippen MR) is 101 cm³/mol. The molecule has 0 N–H and O–H groups in total. The Hall–Kier alpha value is -2.19. The summed E-state index contributed by atoms with van der Waals surface area (Å²) in [6, 6.07) is 6.08. The molecule has 0 saturated carbocycles. The van der Waals surface area contributed by atoms with E-state index in [2.05, 4.69) is 9.97 Å². The van der Waals surface area contributed by atoms with E-state index in [1.54, 1.807) is 19.2 Å². The summed E-state index contributed by atoms with van der Waals surface area (Å²) in [6.07, 6.45) is 4.72. The van der Waals surface area contributed by atoms with Gasteiger partial charge in [-0.3, -0.25) is 4.79 Å².